The van der Waals surface area contributed by atoms with E-state index in [-0.39, 0.29) is 5.97 Å². The van der Waals surface area contributed by atoms with Crippen LogP contribution in [0.1, 0.15) is 49.0 Å². The predicted octanol–water partition coefficient (Wildman–Crippen LogP) is 3.36. The number of aryl methyl sites for hydroxylation is 1. The van der Waals surface area contributed by atoms with E-state index in [1.54, 1.807) is 0 Å². The minimum absolute atomic E-state index is 0.288. The van der Waals surface area contributed by atoms with Gasteiger partial charge in [-0.3, -0.25) is 0 Å². The molecular formula is C18H28N2O2. The van der Waals surface area contributed by atoms with Crippen LogP contribution in [0.2, 0.25) is 0 Å². The number of piperidine rings is 1. The maximum absolute atomic E-state index is 11.7. The number of carbonyl (C=O) groups excluding carboxylic acids is 1. The molecule has 0 aliphatic carbocycles. The number of hydrogen-bond acceptors (Lipinski definition) is 4. The molecule has 1 aliphatic heterocycles. The molecule has 0 aromatic heterocycles. The highest BCUT2D eigenvalue weighted by Crippen LogP contribution is 2.24. The van der Waals surface area contributed by atoms with Crippen LogP contribution < -0.4 is 10.6 Å². The van der Waals surface area contributed by atoms with Gasteiger partial charge in [0, 0.05) is 17.8 Å². The minimum Gasteiger partial charge on any atom is -0.465 e. The fraction of sp³-hybridized carbons (Fsp3) is 0.611. The topological polar surface area (TPSA) is 50.4 Å². The quantitative estimate of drug-likeness (QED) is 0.819. The van der Waals surface area contributed by atoms with Crippen LogP contribution in [0.25, 0.3) is 0 Å². The van der Waals surface area contributed by atoms with E-state index in [4.69, 9.17) is 4.74 Å². The molecule has 4 heteroatoms. The Labute approximate surface area is 133 Å². The van der Waals surface area contributed by atoms with Gasteiger partial charge in [-0.15, -0.1) is 0 Å². The van der Waals surface area contributed by atoms with E-state index in [0.717, 1.165) is 30.6 Å². The number of methoxy groups -OCH3 is 1. The zero-order valence-electron chi connectivity index (χ0n) is 14.1. The third kappa shape index (κ3) is 4.23. The van der Waals surface area contributed by atoms with E-state index in [2.05, 4.69) is 31.4 Å². The van der Waals surface area contributed by atoms with Gasteiger partial charge in [0.05, 0.1) is 12.7 Å². The zero-order valence-corrected chi connectivity index (χ0v) is 14.1. The lowest BCUT2D eigenvalue weighted by Crippen LogP contribution is -2.49. The van der Waals surface area contributed by atoms with Gasteiger partial charge in [0.1, 0.15) is 0 Å². The van der Waals surface area contributed by atoms with Gasteiger partial charge in [-0.1, -0.05) is 19.9 Å². The van der Waals surface area contributed by atoms with Crippen molar-refractivity contribution in [3.05, 3.63) is 29.3 Å². The Morgan fingerprint density at radius 3 is 2.91 bits per heavy atom. The molecule has 1 aliphatic rings. The number of esters is 1. The molecule has 0 spiro atoms. The summed E-state index contributed by atoms with van der Waals surface area (Å²) in [5.41, 5.74) is 2.78. The third-order valence-electron chi connectivity index (χ3n) is 4.31. The number of ether oxygens (including phenoxy) is 1. The molecule has 0 unspecified atom stereocenters. The molecule has 0 bridgehead atoms. The average Bonchev–Trinajstić information content (AvgIpc) is 2.50. The van der Waals surface area contributed by atoms with Gasteiger partial charge in [-0.2, -0.15) is 0 Å². The molecule has 0 radical (unpaired) electrons. The van der Waals surface area contributed by atoms with Gasteiger partial charge in [0.15, 0.2) is 0 Å². The smallest absolute Gasteiger partial charge is 0.337 e. The van der Waals surface area contributed by atoms with Gasteiger partial charge in [-0.25, -0.2) is 4.79 Å². The van der Waals surface area contributed by atoms with Gasteiger partial charge in [0.2, 0.25) is 0 Å². The average molecular weight is 304 g/mol. The van der Waals surface area contributed by atoms with E-state index < -0.39 is 0 Å². The zero-order chi connectivity index (χ0) is 16.1. The summed E-state index contributed by atoms with van der Waals surface area (Å²) < 4.78 is 4.82. The van der Waals surface area contributed by atoms with Crippen LogP contribution in [0.15, 0.2) is 18.2 Å². The predicted molar refractivity (Wildman–Crippen MR) is 90.4 cm³/mol. The fourth-order valence-electron chi connectivity index (χ4n) is 3.10. The molecule has 1 heterocycles. The first-order valence-corrected chi connectivity index (χ1v) is 8.20. The number of hydrogen-bond donors (Lipinski definition) is 2. The van der Waals surface area contributed by atoms with Crippen LogP contribution >= 0.6 is 0 Å². The largest absolute Gasteiger partial charge is 0.465 e. The Kier molecular flexibility index (Phi) is 5.83. The second-order valence-electron chi connectivity index (χ2n) is 6.60. The van der Waals surface area contributed by atoms with Crippen LogP contribution in [0, 0.1) is 12.8 Å². The normalized spacial score (nSPS) is 21.7. The first kappa shape index (κ1) is 16.8. The number of rotatable bonds is 5. The number of nitrogens with one attached hydrogen (secondary N) is 2. The van der Waals surface area contributed by atoms with Crippen molar-refractivity contribution in [3.8, 4) is 0 Å². The summed E-state index contributed by atoms with van der Waals surface area (Å²) in [5, 5.41) is 7.29. The van der Waals surface area contributed by atoms with Crippen molar-refractivity contribution in [2.75, 3.05) is 19.0 Å². The maximum atomic E-state index is 11.7. The van der Waals surface area contributed by atoms with Gasteiger partial charge in [-0.05, 0) is 56.3 Å². The second kappa shape index (κ2) is 7.63. The molecule has 122 valence electrons. The molecule has 22 heavy (non-hydrogen) atoms. The molecule has 1 aromatic rings. The van der Waals surface area contributed by atoms with Crippen LogP contribution in [-0.4, -0.2) is 31.7 Å². The molecule has 2 N–H and O–H groups in total. The van der Waals surface area contributed by atoms with Crippen LogP contribution in [-0.2, 0) is 4.74 Å². The molecule has 1 saturated heterocycles. The highest BCUT2D eigenvalue weighted by Gasteiger charge is 2.25. The Hall–Kier alpha value is -1.55. The first-order chi connectivity index (χ1) is 10.5. The maximum Gasteiger partial charge on any atom is 0.337 e. The monoisotopic (exact) mass is 304 g/mol. The van der Waals surface area contributed by atoms with Crippen molar-refractivity contribution >= 4 is 11.7 Å². The summed E-state index contributed by atoms with van der Waals surface area (Å²) in [4.78, 5) is 11.7. The van der Waals surface area contributed by atoms with Gasteiger partial charge < -0.3 is 15.4 Å². The number of carbonyl (C=O) groups is 1. The van der Waals surface area contributed by atoms with Crippen LogP contribution in [0.3, 0.4) is 0 Å². The summed E-state index contributed by atoms with van der Waals surface area (Å²) in [6.45, 7) is 7.68. The number of anilines is 1. The second-order valence-corrected chi connectivity index (χ2v) is 6.60. The lowest BCUT2D eigenvalue weighted by Gasteiger charge is -2.35. The summed E-state index contributed by atoms with van der Waals surface area (Å²) in [6, 6.07) is 6.58. The van der Waals surface area contributed by atoms with E-state index >= 15 is 0 Å². The lowest BCUT2D eigenvalue weighted by molar-refractivity contribution is 0.0601. The molecule has 4 nitrogen and oxygen atoms in total. The Morgan fingerprint density at radius 2 is 2.23 bits per heavy atom. The SMILES string of the molecule is COC(=O)c1ccc(C)c(N[C@H]2CCCN[C@H]2CC(C)C)c1. The Morgan fingerprint density at radius 1 is 1.45 bits per heavy atom. The summed E-state index contributed by atoms with van der Waals surface area (Å²) in [7, 11) is 1.42. The molecule has 2 rings (SSSR count). The number of benzene rings is 1. The minimum atomic E-state index is -0.288. The lowest BCUT2D eigenvalue weighted by atomic mass is 9.91. The molecular weight excluding hydrogens is 276 g/mol. The fourth-order valence-corrected chi connectivity index (χ4v) is 3.10. The standard InChI is InChI=1S/C18H28N2O2/c1-12(2)10-17-15(6-5-9-19-17)20-16-11-14(18(21)22-4)8-7-13(16)3/h7-8,11-12,15,17,19-20H,5-6,9-10H2,1-4H3/t15-,17-/m0/s1. The summed E-state index contributed by atoms with van der Waals surface area (Å²) in [5.74, 6) is 0.381. The van der Waals surface area contributed by atoms with Crippen molar-refractivity contribution in [2.45, 2.75) is 52.1 Å². The van der Waals surface area contributed by atoms with Gasteiger partial charge >= 0.3 is 5.97 Å². The van der Waals surface area contributed by atoms with E-state index in [1.165, 1.54) is 13.5 Å². The van der Waals surface area contributed by atoms with Crippen molar-refractivity contribution < 1.29 is 9.53 Å². The van der Waals surface area contributed by atoms with Gasteiger partial charge in [0.25, 0.3) is 0 Å². The molecule has 1 aromatic carbocycles. The summed E-state index contributed by atoms with van der Waals surface area (Å²) >= 11 is 0. The van der Waals surface area contributed by atoms with Crippen molar-refractivity contribution in [1.29, 1.82) is 0 Å². The van der Waals surface area contributed by atoms with E-state index in [1.807, 2.05) is 18.2 Å². The first-order valence-electron chi connectivity index (χ1n) is 8.20. The molecule has 0 amide bonds. The summed E-state index contributed by atoms with van der Waals surface area (Å²) in [6.07, 6.45) is 3.50. The van der Waals surface area contributed by atoms with Crippen molar-refractivity contribution in [3.63, 3.8) is 0 Å². The van der Waals surface area contributed by atoms with Crippen LogP contribution in [0.4, 0.5) is 5.69 Å². The Bertz CT molecular complexity index is 514. The van der Waals surface area contributed by atoms with Crippen LogP contribution in [0.5, 0.6) is 0 Å². The van der Waals surface area contributed by atoms with Crippen molar-refractivity contribution in [1.82, 2.24) is 5.32 Å². The van der Waals surface area contributed by atoms with E-state index in [9.17, 15) is 4.79 Å². The highest BCUT2D eigenvalue weighted by molar-refractivity contribution is 5.90. The van der Waals surface area contributed by atoms with Crippen molar-refractivity contribution in [2.24, 2.45) is 5.92 Å². The van der Waals surface area contributed by atoms with E-state index in [0.29, 0.717) is 23.6 Å². The molecule has 2 atom stereocenters. The Balaban J connectivity index is 2.15. The highest BCUT2D eigenvalue weighted by atomic mass is 16.5. The third-order valence-corrected chi connectivity index (χ3v) is 4.31. The molecule has 1 fully saturated rings. The molecule has 0 saturated carbocycles.